The van der Waals surface area contributed by atoms with Crippen LogP contribution < -0.4 is 0 Å². The number of hydrogen-bond donors (Lipinski definition) is 1. The van der Waals surface area contributed by atoms with Gasteiger partial charge in [-0.1, -0.05) is 0 Å². The number of methoxy groups -OCH3 is 1. The van der Waals surface area contributed by atoms with Crippen LogP contribution in [0.2, 0.25) is 0 Å². The lowest BCUT2D eigenvalue weighted by molar-refractivity contribution is -0.140. The Morgan fingerprint density at radius 2 is 2.29 bits per heavy atom. The molecule has 0 atom stereocenters. The highest BCUT2D eigenvalue weighted by molar-refractivity contribution is 5.98. The maximum absolute atomic E-state index is 11.9. The zero-order chi connectivity index (χ0) is 12.4. The maximum atomic E-state index is 11.9. The Hall–Kier alpha value is -2.04. The van der Waals surface area contributed by atoms with Crippen molar-refractivity contribution >= 4 is 11.9 Å². The van der Waals surface area contributed by atoms with E-state index in [1.165, 1.54) is 13.2 Å². The van der Waals surface area contributed by atoms with Crippen molar-refractivity contribution in [1.29, 1.82) is 0 Å². The van der Waals surface area contributed by atoms with Crippen LogP contribution in [-0.4, -0.2) is 35.5 Å². The molecule has 1 aliphatic heterocycles. The van der Waals surface area contributed by atoms with E-state index in [-0.39, 0.29) is 24.0 Å². The summed E-state index contributed by atoms with van der Waals surface area (Å²) in [6, 6.07) is 4.66. The Morgan fingerprint density at radius 1 is 1.53 bits per heavy atom. The molecule has 0 unspecified atom stereocenters. The molecule has 0 fully saturated rings. The molecule has 1 aliphatic rings. The third kappa shape index (κ3) is 2.22. The van der Waals surface area contributed by atoms with Crippen molar-refractivity contribution in [2.75, 3.05) is 13.7 Å². The quantitative estimate of drug-likeness (QED) is 0.791. The van der Waals surface area contributed by atoms with E-state index in [9.17, 15) is 14.7 Å². The number of benzene rings is 1. The summed E-state index contributed by atoms with van der Waals surface area (Å²) in [6.07, 6.45) is 0.183. The van der Waals surface area contributed by atoms with E-state index < -0.39 is 0 Å². The number of nitrogens with zero attached hydrogens (tertiary/aromatic N) is 1. The smallest absolute Gasteiger partial charge is 0.307 e. The molecule has 0 saturated heterocycles. The van der Waals surface area contributed by atoms with Crippen LogP contribution >= 0.6 is 0 Å². The van der Waals surface area contributed by atoms with Crippen LogP contribution in [-0.2, 0) is 16.1 Å². The summed E-state index contributed by atoms with van der Waals surface area (Å²) in [5, 5.41) is 9.32. The van der Waals surface area contributed by atoms with Crippen molar-refractivity contribution in [3.8, 4) is 5.75 Å². The lowest BCUT2D eigenvalue weighted by atomic mass is 10.1. The molecule has 1 amide bonds. The topological polar surface area (TPSA) is 66.8 Å². The number of phenols is 1. The van der Waals surface area contributed by atoms with Crippen molar-refractivity contribution < 1.29 is 19.4 Å². The minimum Gasteiger partial charge on any atom is -0.508 e. The second-order valence-corrected chi connectivity index (χ2v) is 3.89. The number of fused-ring (bicyclic) bond motifs is 1. The number of ether oxygens (including phenoxy) is 1. The average molecular weight is 235 g/mol. The van der Waals surface area contributed by atoms with E-state index in [0.29, 0.717) is 18.7 Å². The number of phenolic OH excluding ortho intramolecular Hbond substituents is 1. The molecule has 0 radical (unpaired) electrons. The van der Waals surface area contributed by atoms with Crippen LogP contribution in [0.5, 0.6) is 5.75 Å². The van der Waals surface area contributed by atoms with E-state index in [0.717, 1.165) is 5.56 Å². The molecule has 0 spiro atoms. The van der Waals surface area contributed by atoms with Crippen LogP contribution in [0.3, 0.4) is 0 Å². The molecular weight excluding hydrogens is 222 g/mol. The van der Waals surface area contributed by atoms with Gasteiger partial charge in [0.05, 0.1) is 13.5 Å². The van der Waals surface area contributed by atoms with Gasteiger partial charge in [-0.05, 0) is 23.8 Å². The SMILES string of the molecule is COC(=O)CCN1Cc2cc(O)ccc2C1=O. The molecule has 5 nitrogen and oxygen atoms in total. The third-order valence-electron chi connectivity index (χ3n) is 2.78. The highest BCUT2D eigenvalue weighted by atomic mass is 16.5. The zero-order valence-electron chi connectivity index (χ0n) is 9.47. The van der Waals surface area contributed by atoms with Gasteiger partial charge < -0.3 is 14.7 Å². The Balaban J connectivity index is 2.07. The summed E-state index contributed by atoms with van der Waals surface area (Å²) >= 11 is 0. The fourth-order valence-corrected chi connectivity index (χ4v) is 1.88. The first-order valence-corrected chi connectivity index (χ1v) is 5.30. The van der Waals surface area contributed by atoms with Gasteiger partial charge in [0.1, 0.15) is 5.75 Å². The minimum atomic E-state index is -0.336. The maximum Gasteiger partial charge on any atom is 0.307 e. The van der Waals surface area contributed by atoms with Gasteiger partial charge in [-0.25, -0.2) is 0 Å². The van der Waals surface area contributed by atoms with E-state index in [1.54, 1.807) is 17.0 Å². The number of rotatable bonds is 3. The van der Waals surface area contributed by atoms with E-state index in [2.05, 4.69) is 4.74 Å². The van der Waals surface area contributed by atoms with Crippen molar-refractivity contribution in [1.82, 2.24) is 4.90 Å². The molecule has 1 heterocycles. The molecule has 90 valence electrons. The molecule has 0 aliphatic carbocycles. The number of carbonyl (C=O) groups excluding carboxylic acids is 2. The van der Waals surface area contributed by atoms with Crippen molar-refractivity contribution in [2.45, 2.75) is 13.0 Å². The largest absolute Gasteiger partial charge is 0.508 e. The summed E-state index contributed by atoms with van der Waals surface area (Å²) in [5.74, 6) is -0.299. The second kappa shape index (κ2) is 4.45. The molecule has 1 aromatic rings. The molecule has 2 rings (SSSR count). The van der Waals surface area contributed by atoms with Crippen LogP contribution in [0, 0.1) is 0 Å². The number of hydrogen-bond acceptors (Lipinski definition) is 4. The van der Waals surface area contributed by atoms with Crippen LogP contribution in [0.15, 0.2) is 18.2 Å². The number of aromatic hydroxyl groups is 1. The van der Waals surface area contributed by atoms with Gasteiger partial charge in [0, 0.05) is 18.7 Å². The summed E-state index contributed by atoms with van der Waals surface area (Å²) in [6.45, 7) is 0.764. The highest BCUT2D eigenvalue weighted by Crippen LogP contribution is 2.26. The van der Waals surface area contributed by atoms with E-state index >= 15 is 0 Å². The summed E-state index contributed by atoms with van der Waals surface area (Å²) < 4.78 is 4.52. The Morgan fingerprint density at radius 3 is 3.00 bits per heavy atom. The first-order valence-electron chi connectivity index (χ1n) is 5.30. The summed E-state index contributed by atoms with van der Waals surface area (Å²) in [7, 11) is 1.32. The predicted octanol–water partition coefficient (Wildman–Crippen LogP) is 0.911. The third-order valence-corrected chi connectivity index (χ3v) is 2.78. The van der Waals surface area contributed by atoms with Crippen molar-refractivity contribution in [3.63, 3.8) is 0 Å². The fraction of sp³-hybridized carbons (Fsp3) is 0.333. The molecule has 1 N–H and O–H groups in total. The van der Waals surface area contributed by atoms with Gasteiger partial charge >= 0.3 is 5.97 Å². The zero-order valence-corrected chi connectivity index (χ0v) is 9.47. The Labute approximate surface area is 98.6 Å². The fourth-order valence-electron chi connectivity index (χ4n) is 1.88. The van der Waals surface area contributed by atoms with E-state index in [4.69, 9.17) is 0 Å². The first kappa shape index (κ1) is 11.4. The first-order chi connectivity index (χ1) is 8.11. The predicted molar refractivity (Wildman–Crippen MR) is 59.5 cm³/mol. The van der Waals surface area contributed by atoms with Gasteiger partial charge in [0.15, 0.2) is 0 Å². The molecule has 5 heteroatoms. The molecule has 17 heavy (non-hydrogen) atoms. The lowest BCUT2D eigenvalue weighted by Gasteiger charge is -2.14. The lowest BCUT2D eigenvalue weighted by Crippen LogP contribution is -2.26. The monoisotopic (exact) mass is 235 g/mol. The average Bonchev–Trinajstić information content (AvgIpc) is 2.62. The van der Waals surface area contributed by atoms with Gasteiger partial charge in [-0.2, -0.15) is 0 Å². The number of esters is 1. The van der Waals surface area contributed by atoms with Crippen LogP contribution in [0.1, 0.15) is 22.3 Å². The van der Waals surface area contributed by atoms with Gasteiger partial charge in [0.25, 0.3) is 5.91 Å². The Bertz CT molecular complexity index is 470. The van der Waals surface area contributed by atoms with Crippen molar-refractivity contribution in [2.24, 2.45) is 0 Å². The molecule has 0 saturated carbocycles. The van der Waals surface area contributed by atoms with Crippen molar-refractivity contribution in [3.05, 3.63) is 29.3 Å². The normalized spacial score (nSPS) is 13.7. The number of amides is 1. The molecule has 1 aromatic carbocycles. The van der Waals surface area contributed by atoms with Crippen LogP contribution in [0.25, 0.3) is 0 Å². The molecule has 0 bridgehead atoms. The molecular formula is C12H13NO4. The Kier molecular flexibility index (Phi) is 2.99. The highest BCUT2D eigenvalue weighted by Gasteiger charge is 2.27. The van der Waals surface area contributed by atoms with Crippen LogP contribution in [0.4, 0.5) is 0 Å². The molecule has 0 aromatic heterocycles. The van der Waals surface area contributed by atoms with Gasteiger partial charge in [-0.15, -0.1) is 0 Å². The minimum absolute atomic E-state index is 0.107. The van der Waals surface area contributed by atoms with E-state index in [1.807, 2.05) is 0 Å². The van der Waals surface area contributed by atoms with Gasteiger partial charge in [-0.3, -0.25) is 9.59 Å². The number of carbonyl (C=O) groups is 2. The standard InChI is InChI=1S/C12H13NO4/c1-17-11(15)4-5-13-7-8-6-9(14)2-3-10(8)12(13)16/h2-3,6,14H,4-5,7H2,1H3. The second-order valence-electron chi connectivity index (χ2n) is 3.89. The summed E-state index contributed by atoms with van der Waals surface area (Å²) in [4.78, 5) is 24.5. The van der Waals surface area contributed by atoms with Gasteiger partial charge in [0.2, 0.25) is 0 Å². The summed E-state index contributed by atoms with van der Waals surface area (Å²) in [5.41, 5.74) is 1.38.